The lowest BCUT2D eigenvalue weighted by molar-refractivity contribution is -0.119. The number of amides is 2. The first kappa shape index (κ1) is 14.1. The van der Waals surface area contributed by atoms with Crippen LogP contribution in [-0.4, -0.2) is 16.9 Å². The topological polar surface area (TPSA) is 78.4 Å². The summed E-state index contributed by atoms with van der Waals surface area (Å²) < 4.78 is 0. The van der Waals surface area contributed by atoms with Crippen LogP contribution < -0.4 is 10.6 Å². The van der Waals surface area contributed by atoms with Crippen molar-refractivity contribution < 1.29 is 14.7 Å². The standard InChI is InChI=1S/C17H16N2O3/c1-17(2)13-7-6-11(9-14(13)19-16(17)22)18-15(21)10-4-3-5-12(20)8-10/h3-9,20H,1-2H3,(H,18,21)(H,19,22). The second-order valence-electron chi connectivity index (χ2n) is 5.84. The Morgan fingerprint density at radius 2 is 1.95 bits per heavy atom. The van der Waals surface area contributed by atoms with Gasteiger partial charge in [0.1, 0.15) is 5.75 Å². The minimum atomic E-state index is -0.566. The van der Waals surface area contributed by atoms with Gasteiger partial charge >= 0.3 is 0 Å². The summed E-state index contributed by atoms with van der Waals surface area (Å²) in [6, 6.07) is 11.5. The number of hydrogen-bond donors (Lipinski definition) is 3. The Labute approximate surface area is 128 Å². The molecule has 1 aliphatic heterocycles. The number of carbonyl (C=O) groups excluding carboxylic acids is 2. The Kier molecular flexibility index (Phi) is 3.13. The van der Waals surface area contributed by atoms with E-state index in [9.17, 15) is 14.7 Å². The fourth-order valence-corrected chi connectivity index (χ4v) is 2.52. The summed E-state index contributed by atoms with van der Waals surface area (Å²) in [6.07, 6.45) is 0. The monoisotopic (exact) mass is 296 g/mol. The first-order chi connectivity index (χ1) is 10.4. The number of phenols is 1. The van der Waals surface area contributed by atoms with Crippen LogP contribution in [-0.2, 0) is 10.2 Å². The third-order valence-electron chi connectivity index (χ3n) is 3.87. The highest BCUT2D eigenvalue weighted by atomic mass is 16.3. The van der Waals surface area contributed by atoms with E-state index in [4.69, 9.17) is 0 Å². The molecule has 3 rings (SSSR count). The molecule has 0 radical (unpaired) electrons. The molecule has 0 fully saturated rings. The van der Waals surface area contributed by atoms with E-state index in [1.165, 1.54) is 12.1 Å². The van der Waals surface area contributed by atoms with E-state index in [2.05, 4.69) is 10.6 Å². The van der Waals surface area contributed by atoms with Gasteiger partial charge in [-0.15, -0.1) is 0 Å². The van der Waals surface area contributed by atoms with Crippen molar-refractivity contribution in [3.05, 3.63) is 53.6 Å². The van der Waals surface area contributed by atoms with Gasteiger partial charge in [-0.3, -0.25) is 9.59 Å². The largest absolute Gasteiger partial charge is 0.508 e. The lowest BCUT2D eigenvalue weighted by atomic mass is 9.86. The first-order valence-corrected chi connectivity index (χ1v) is 6.94. The van der Waals surface area contributed by atoms with E-state index in [-0.39, 0.29) is 17.6 Å². The normalized spacial score (nSPS) is 15.1. The number of anilines is 2. The SMILES string of the molecule is CC1(C)C(=O)Nc2cc(NC(=O)c3cccc(O)c3)ccc21. The molecule has 0 aliphatic carbocycles. The number of aromatic hydroxyl groups is 1. The summed E-state index contributed by atoms with van der Waals surface area (Å²) in [6.45, 7) is 3.72. The lowest BCUT2D eigenvalue weighted by Gasteiger charge is -2.15. The Morgan fingerprint density at radius 1 is 1.18 bits per heavy atom. The maximum Gasteiger partial charge on any atom is 0.255 e. The quantitative estimate of drug-likeness (QED) is 0.797. The third-order valence-corrected chi connectivity index (χ3v) is 3.87. The van der Waals surface area contributed by atoms with Crippen LogP contribution in [0.2, 0.25) is 0 Å². The molecule has 0 atom stereocenters. The minimum Gasteiger partial charge on any atom is -0.508 e. The van der Waals surface area contributed by atoms with Crippen LogP contribution >= 0.6 is 0 Å². The Hall–Kier alpha value is -2.82. The highest BCUT2D eigenvalue weighted by Gasteiger charge is 2.38. The van der Waals surface area contributed by atoms with Crippen molar-refractivity contribution in [3.8, 4) is 5.75 Å². The number of rotatable bonds is 2. The van der Waals surface area contributed by atoms with Crippen LogP contribution in [0.1, 0.15) is 29.8 Å². The van der Waals surface area contributed by atoms with Crippen molar-refractivity contribution >= 4 is 23.2 Å². The molecule has 3 N–H and O–H groups in total. The summed E-state index contributed by atoms with van der Waals surface area (Å²) in [4.78, 5) is 24.1. The molecular formula is C17H16N2O3. The van der Waals surface area contributed by atoms with Gasteiger partial charge in [-0.05, 0) is 49.7 Å². The molecular weight excluding hydrogens is 280 g/mol. The van der Waals surface area contributed by atoms with Gasteiger partial charge < -0.3 is 15.7 Å². The van der Waals surface area contributed by atoms with Gasteiger partial charge in [-0.1, -0.05) is 12.1 Å². The molecule has 0 unspecified atom stereocenters. The van der Waals surface area contributed by atoms with Crippen LogP contribution in [0.4, 0.5) is 11.4 Å². The molecule has 2 amide bonds. The molecule has 0 saturated heterocycles. The van der Waals surface area contributed by atoms with E-state index in [0.717, 1.165) is 5.56 Å². The predicted molar refractivity (Wildman–Crippen MR) is 84.2 cm³/mol. The molecule has 0 bridgehead atoms. The molecule has 0 aromatic heterocycles. The summed E-state index contributed by atoms with van der Waals surface area (Å²) in [5.74, 6) is -0.339. The number of phenolic OH excluding ortho intramolecular Hbond substituents is 1. The molecule has 5 heteroatoms. The van der Waals surface area contributed by atoms with Gasteiger partial charge in [0.05, 0.1) is 5.41 Å². The van der Waals surface area contributed by atoms with Gasteiger partial charge in [-0.25, -0.2) is 0 Å². The second kappa shape index (κ2) is 4.87. The molecule has 5 nitrogen and oxygen atoms in total. The smallest absolute Gasteiger partial charge is 0.255 e. The molecule has 2 aromatic rings. The number of carbonyl (C=O) groups is 2. The summed E-state index contributed by atoms with van der Waals surface area (Å²) in [7, 11) is 0. The molecule has 112 valence electrons. The van der Waals surface area contributed by atoms with E-state index in [1.54, 1.807) is 24.3 Å². The fourth-order valence-electron chi connectivity index (χ4n) is 2.52. The Morgan fingerprint density at radius 3 is 2.68 bits per heavy atom. The fraction of sp³-hybridized carbons (Fsp3) is 0.176. The van der Waals surface area contributed by atoms with E-state index >= 15 is 0 Å². The highest BCUT2D eigenvalue weighted by molar-refractivity contribution is 6.08. The summed E-state index contributed by atoms with van der Waals surface area (Å²) in [5.41, 5.74) is 2.01. The number of benzene rings is 2. The maximum atomic E-state index is 12.1. The molecule has 1 heterocycles. The summed E-state index contributed by atoms with van der Waals surface area (Å²) in [5, 5.41) is 15.0. The van der Waals surface area contributed by atoms with Gasteiger partial charge in [0, 0.05) is 16.9 Å². The Balaban J connectivity index is 1.85. The molecule has 0 saturated carbocycles. The predicted octanol–water partition coefficient (Wildman–Crippen LogP) is 2.87. The van der Waals surface area contributed by atoms with Crippen LogP contribution in [0.15, 0.2) is 42.5 Å². The average molecular weight is 296 g/mol. The molecule has 1 aliphatic rings. The average Bonchev–Trinajstić information content (AvgIpc) is 2.68. The van der Waals surface area contributed by atoms with Gasteiger partial charge in [0.2, 0.25) is 5.91 Å². The zero-order chi connectivity index (χ0) is 15.9. The number of hydrogen-bond acceptors (Lipinski definition) is 3. The zero-order valence-corrected chi connectivity index (χ0v) is 12.3. The van der Waals surface area contributed by atoms with Crippen LogP contribution in [0.3, 0.4) is 0 Å². The molecule has 2 aromatic carbocycles. The van der Waals surface area contributed by atoms with E-state index in [0.29, 0.717) is 16.9 Å². The van der Waals surface area contributed by atoms with Crippen molar-refractivity contribution in [2.24, 2.45) is 0 Å². The van der Waals surface area contributed by atoms with Crippen molar-refractivity contribution in [2.45, 2.75) is 19.3 Å². The van der Waals surface area contributed by atoms with Crippen LogP contribution in [0.25, 0.3) is 0 Å². The van der Waals surface area contributed by atoms with Crippen LogP contribution in [0.5, 0.6) is 5.75 Å². The number of nitrogens with one attached hydrogen (secondary N) is 2. The Bertz CT molecular complexity index is 781. The lowest BCUT2D eigenvalue weighted by Crippen LogP contribution is -2.26. The van der Waals surface area contributed by atoms with Crippen LogP contribution in [0, 0.1) is 0 Å². The minimum absolute atomic E-state index is 0.0376. The molecule has 0 spiro atoms. The molecule has 22 heavy (non-hydrogen) atoms. The third kappa shape index (κ3) is 2.30. The number of fused-ring (bicyclic) bond motifs is 1. The van der Waals surface area contributed by atoms with Gasteiger partial charge in [0.15, 0.2) is 0 Å². The first-order valence-electron chi connectivity index (χ1n) is 6.94. The van der Waals surface area contributed by atoms with Gasteiger partial charge in [-0.2, -0.15) is 0 Å². The summed E-state index contributed by atoms with van der Waals surface area (Å²) >= 11 is 0. The van der Waals surface area contributed by atoms with E-state index in [1.807, 2.05) is 19.9 Å². The van der Waals surface area contributed by atoms with Crippen molar-refractivity contribution in [1.29, 1.82) is 0 Å². The second-order valence-corrected chi connectivity index (χ2v) is 5.84. The van der Waals surface area contributed by atoms with Crippen molar-refractivity contribution in [1.82, 2.24) is 0 Å². The maximum absolute atomic E-state index is 12.1. The van der Waals surface area contributed by atoms with E-state index < -0.39 is 5.41 Å². The zero-order valence-electron chi connectivity index (χ0n) is 12.3. The van der Waals surface area contributed by atoms with Crippen molar-refractivity contribution in [3.63, 3.8) is 0 Å². The van der Waals surface area contributed by atoms with Crippen molar-refractivity contribution in [2.75, 3.05) is 10.6 Å². The van der Waals surface area contributed by atoms with Gasteiger partial charge in [0.25, 0.3) is 5.91 Å². The highest BCUT2D eigenvalue weighted by Crippen LogP contribution is 2.38.